The number of amides is 2. The lowest BCUT2D eigenvalue weighted by atomic mass is 10.1. The summed E-state index contributed by atoms with van der Waals surface area (Å²) in [6.45, 7) is -1.21. The van der Waals surface area contributed by atoms with Crippen LogP contribution in [0, 0.1) is 5.92 Å². The van der Waals surface area contributed by atoms with Crippen molar-refractivity contribution in [2.24, 2.45) is 5.92 Å². The lowest BCUT2D eigenvalue weighted by molar-refractivity contribution is -0.160. The maximum absolute atomic E-state index is 12.5. The maximum Gasteiger partial charge on any atom is 0.406 e. The summed E-state index contributed by atoms with van der Waals surface area (Å²) in [5.74, 6) is -1.65. The summed E-state index contributed by atoms with van der Waals surface area (Å²) in [6.07, 6.45) is -3.75. The number of hydrogen-bond acceptors (Lipinski definition) is 2. The van der Waals surface area contributed by atoms with Crippen molar-refractivity contribution in [3.63, 3.8) is 0 Å². The van der Waals surface area contributed by atoms with E-state index in [9.17, 15) is 22.8 Å². The van der Waals surface area contributed by atoms with Gasteiger partial charge in [-0.25, -0.2) is 0 Å². The molecule has 4 nitrogen and oxygen atoms in total. The number of rotatable bonds is 3. The van der Waals surface area contributed by atoms with Crippen LogP contribution in [0.3, 0.4) is 0 Å². The van der Waals surface area contributed by atoms with Gasteiger partial charge in [-0.15, -0.1) is 0 Å². The summed E-state index contributed by atoms with van der Waals surface area (Å²) < 4.78 is 37.6. The highest BCUT2D eigenvalue weighted by molar-refractivity contribution is 6.00. The van der Waals surface area contributed by atoms with Gasteiger partial charge in [-0.2, -0.15) is 13.2 Å². The standard InChI is InChI=1S/C21H19F3N2O2/c1-25(12-21(22,23)24)20(28)15-10-19(27)26(11-15)16-6-7-18-14(9-16)8-13-4-2-3-5-17(13)18/h2-7,9,15H,8,10-12H2,1H3. The van der Waals surface area contributed by atoms with Crippen LogP contribution in [0.1, 0.15) is 17.5 Å². The van der Waals surface area contributed by atoms with Gasteiger partial charge in [0.15, 0.2) is 0 Å². The molecule has 1 atom stereocenters. The number of hydrogen-bond donors (Lipinski definition) is 0. The molecule has 0 N–H and O–H groups in total. The zero-order chi connectivity index (χ0) is 20.1. The largest absolute Gasteiger partial charge is 0.406 e. The second kappa shape index (κ2) is 6.65. The van der Waals surface area contributed by atoms with Gasteiger partial charge in [0.1, 0.15) is 6.54 Å². The van der Waals surface area contributed by atoms with E-state index in [1.807, 2.05) is 30.3 Å². The molecule has 1 aliphatic heterocycles. The average molecular weight is 388 g/mol. The van der Waals surface area contributed by atoms with Gasteiger partial charge in [0.2, 0.25) is 11.8 Å². The maximum atomic E-state index is 12.5. The number of anilines is 1. The molecule has 1 saturated heterocycles. The van der Waals surface area contributed by atoms with Gasteiger partial charge < -0.3 is 9.80 Å². The molecular formula is C21H19F3N2O2. The summed E-state index contributed by atoms with van der Waals surface area (Å²) in [4.78, 5) is 26.9. The number of carbonyl (C=O) groups excluding carboxylic acids is 2. The van der Waals surface area contributed by atoms with Crippen molar-refractivity contribution in [2.75, 3.05) is 25.0 Å². The average Bonchev–Trinajstić information content (AvgIpc) is 3.19. The van der Waals surface area contributed by atoms with Gasteiger partial charge in [0, 0.05) is 25.7 Å². The van der Waals surface area contributed by atoms with Gasteiger partial charge in [-0.3, -0.25) is 9.59 Å². The van der Waals surface area contributed by atoms with Crippen LogP contribution in [0.5, 0.6) is 0 Å². The van der Waals surface area contributed by atoms with Crippen molar-refractivity contribution < 1.29 is 22.8 Å². The molecule has 1 aliphatic carbocycles. The van der Waals surface area contributed by atoms with Crippen molar-refractivity contribution in [1.29, 1.82) is 0 Å². The van der Waals surface area contributed by atoms with E-state index >= 15 is 0 Å². The first-order valence-corrected chi connectivity index (χ1v) is 9.06. The highest BCUT2D eigenvalue weighted by atomic mass is 19.4. The molecule has 1 unspecified atom stereocenters. The Bertz CT molecular complexity index is 955. The van der Waals surface area contributed by atoms with Crippen molar-refractivity contribution in [1.82, 2.24) is 4.90 Å². The minimum Gasteiger partial charge on any atom is -0.336 e. The molecule has 2 aromatic carbocycles. The first kappa shape index (κ1) is 18.5. The molecule has 4 rings (SSSR count). The number of benzene rings is 2. The first-order chi connectivity index (χ1) is 13.2. The molecule has 28 heavy (non-hydrogen) atoms. The SMILES string of the molecule is CN(CC(F)(F)F)C(=O)C1CC(=O)N(c2ccc3c(c2)Cc2ccccc2-3)C1. The number of nitrogens with zero attached hydrogens (tertiary/aromatic N) is 2. The van der Waals surface area contributed by atoms with E-state index in [0.717, 1.165) is 24.6 Å². The summed E-state index contributed by atoms with van der Waals surface area (Å²) in [6, 6.07) is 13.9. The molecule has 0 aromatic heterocycles. The fourth-order valence-electron chi connectivity index (χ4n) is 4.08. The Morgan fingerprint density at radius 2 is 1.86 bits per heavy atom. The Morgan fingerprint density at radius 1 is 1.14 bits per heavy atom. The van der Waals surface area contributed by atoms with Gasteiger partial charge in [0.25, 0.3) is 0 Å². The van der Waals surface area contributed by atoms with Crippen LogP contribution in [-0.4, -0.2) is 43.0 Å². The van der Waals surface area contributed by atoms with Crippen LogP contribution < -0.4 is 4.90 Å². The van der Waals surface area contributed by atoms with E-state index in [-0.39, 0.29) is 18.9 Å². The quantitative estimate of drug-likeness (QED) is 0.688. The second-order valence-electron chi connectivity index (χ2n) is 7.39. The molecule has 0 radical (unpaired) electrons. The summed E-state index contributed by atoms with van der Waals surface area (Å²) in [5.41, 5.74) is 5.33. The fourth-order valence-corrected chi connectivity index (χ4v) is 4.08. The molecule has 146 valence electrons. The lowest BCUT2D eigenvalue weighted by Gasteiger charge is -2.22. The topological polar surface area (TPSA) is 40.6 Å². The van der Waals surface area contributed by atoms with Crippen molar-refractivity contribution in [3.05, 3.63) is 53.6 Å². The summed E-state index contributed by atoms with van der Waals surface area (Å²) in [7, 11) is 1.12. The Morgan fingerprint density at radius 3 is 2.61 bits per heavy atom. The zero-order valence-electron chi connectivity index (χ0n) is 15.3. The molecule has 0 spiro atoms. The van der Waals surface area contributed by atoms with E-state index in [0.29, 0.717) is 10.6 Å². The molecule has 7 heteroatoms. The molecule has 1 fully saturated rings. The third kappa shape index (κ3) is 3.37. The number of carbonyl (C=O) groups is 2. The second-order valence-corrected chi connectivity index (χ2v) is 7.39. The van der Waals surface area contributed by atoms with Crippen molar-refractivity contribution in [3.8, 4) is 11.1 Å². The molecule has 2 amide bonds. The molecular weight excluding hydrogens is 369 g/mol. The third-order valence-electron chi connectivity index (χ3n) is 5.36. The van der Waals surface area contributed by atoms with Gasteiger partial charge in [0.05, 0.1) is 5.92 Å². The Labute approximate surface area is 160 Å². The van der Waals surface area contributed by atoms with E-state index in [2.05, 4.69) is 12.1 Å². The van der Waals surface area contributed by atoms with Gasteiger partial charge in [-0.05, 0) is 40.8 Å². The molecule has 2 aromatic rings. The van der Waals surface area contributed by atoms with Crippen LogP contribution in [0.2, 0.25) is 0 Å². The summed E-state index contributed by atoms with van der Waals surface area (Å²) in [5, 5.41) is 0. The Kier molecular flexibility index (Phi) is 4.40. The highest BCUT2D eigenvalue weighted by Crippen LogP contribution is 2.39. The van der Waals surface area contributed by atoms with Crippen LogP contribution in [0.15, 0.2) is 42.5 Å². The smallest absolute Gasteiger partial charge is 0.336 e. The number of alkyl halides is 3. The molecule has 2 aliphatic rings. The minimum atomic E-state index is -4.46. The highest BCUT2D eigenvalue weighted by Gasteiger charge is 2.39. The van der Waals surface area contributed by atoms with Crippen molar-refractivity contribution >= 4 is 17.5 Å². The predicted octanol–water partition coefficient (Wildman–Crippen LogP) is 3.63. The molecule has 0 saturated carbocycles. The van der Waals surface area contributed by atoms with Crippen LogP contribution in [-0.2, 0) is 16.0 Å². The minimum absolute atomic E-state index is 0.0711. The number of halogens is 3. The van der Waals surface area contributed by atoms with Crippen LogP contribution in [0.25, 0.3) is 11.1 Å². The van der Waals surface area contributed by atoms with Crippen molar-refractivity contribution in [2.45, 2.75) is 19.0 Å². The lowest BCUT2D eigenvalue weighted by Crippen LogP contribution is -2.40. The molecule has 0 bridgehead atoms. The Balaban J connectivity index is 1.51. The molecule has 1 heterocycles. The van der Waals surface area contributed by atoms with E-state index < -0.39 is 24.5 Å². The first-order valence-electron chi connectivity index (χ1n) is 9.06. The third-order valence-corrected chi connectivity index (χ3v) is 5.36. The van der Waals surface area contributed by atoms with Crippen LogP contribution >= 0.6 is 0 Å². The predicted molar refractivity (Wildman–Crippen MR) is 98.8 cm³/mol. The fraction of sp³-hybridized carbons (Fsp3) is 0.333. The monoisotopic (exact) mass is 388 g/mol. The van der Waals surface area contributed by atoms with Crippen LogP contribution in [0.4, 0.5) is 18.9 Å². The Hall–Kier alpha value is -2.83. The number of fused-ring (bicyclic) bond motifs is 3. The zero-order valence-corrected chi connectivity index (χ0v) is 15.3. The van der Waals surface area contributed by atoms with E-state index in [4.69, 9.17) is 0 Å². The van der Waals surface area contributed by atoms with Gasteiger partial charge in [-0.1, -0.05) is 30.3 Å². The normalized spacial score (nSPS) is 18.2. The summed E-state index contributed by atoms with van der Waals surface area (Å²) >= 11 is 0. The van der Waals surface area contributed by atoms with E-state index in [1.165, 1.54) is 16.0 Å². The van der Waals surface area contributed by atoms with Gasteiger partial charge >= 0.3 is 6.18 Å². The van der Waals surface area contributed by atoms with E-state index in [1.54, 1.807) is 0 Å².